The Morgan fingerprint density at radius 3 is 2.67 bits per heavy atom. The van der Waals surface area contributed by atoms with Crippen LogP contribution in [0.3, 0.4) is 0 Å². The minimum absolute atomic E-state index is 0.538. The smallest absolute Gasteiger partial charge is 0.145 e. The van der Waals surface area contributed by atoms with Gasteiger partial charge in [-0.2, -0.15) is 0 Å². The first-order valence-electron chi connectivity index (χ1n) is 5.95. The number of rotatable bonds is 3. The summed E-state index contributed by atoms with van der Waals surface area (Å²) in [7, 11) is 0. The van der Waals surface area contributed by atoms with Gasteiger partial charge in [0.15, 0.2) is 0 Å². The van der Waals surface area contributed by atoms with Crippen LogP contribution < -0.4 is 5.32 Å². The molecule has 1 heterocycles. The van der Waals surface area contributed by atoms with Gasteiger partial charge in [-0.3, -0.25) is 0 Å². The van der Waals surface area contributed by atoms with Crippen molar-refractivity contribution in [3.8, 4) is 11.1 Å². The minimum atomic E-state index is 0.538. The van der Waals surface area contributed by atoms with E-state index in [0.717, 1.165) is 21.8 Å². The Bertz CT molecular complexity index is 582. The fraction of sp³-hybridized carbons (Fsp3) is 0.214. The third kappa shape index (κ3) is 2.33. The summed E-state index contributed by atoms with van der Waals surface area (Å²) in [5.74, 6) is 0.772. The van der Waals surface area contributed by atoms with Crippen LogP contribution in [0, 0.1) is 0 Å². The number of pyridine rings is 1. The van der Waals surface area contributed by atoms with Crippen LogP contribution in [0.1, 0.15) is 12.8 Å². The van der Waals surface area contributed by atoms with E-state index < -0.39 is 0 Å². The number of hydrogen-bond acceptors (Lipinski definition) is 3. The van der Waals surface area contributed by atoms with Crippen molar-refractivity contribution >= 4 is 30.0 Å². The fourth-order valence-electron chi connectivity index (χ4n) is 1.87. The van der Waals surface area contributed by atoms with Gasteiger partial charge in [0.1, 0.15) is 5.82 Å². The molecule has 0 saturated heterocycles. The lowest BCUT2D eigenvalue weighted by atomic mass is 10.1. The van der Waals surface area contributed by atoms with Crippen LogP contribution in [0.25, 0.3) is 11.1 Å². The molecular weight excluding hydrogens is 264 g/mol. The Labute approximate surface area is 117 Å². The van der Waals surface area contributed by atoms with Gasteiger partial charge in [0.2, 0.25) is 0 Å². The van der Waals surface area contributed by atoms with Crippen LogP contribution in [0.5, 0.6) is 0 Å². The summed E-state index contributed by atoms with van der Waals surface area (Å²) in [5.41, 5.74) is 2.01. The lowest BCUT2D eigenvalue weighted by Crippen LogP contribution is -2.03. The van der Waals surface area contributed by atoms with E-state index in [2.05, 4.69) is 22.9 Å². The summed E-state index contributed by atoms with van der Waals surface area (Å²) in [6, 6.07) is 10.4. The molecule has 92 valence electrons. The maximum absolute atomic E-state index is 6.43. The first-order chi connectivity index (χ1) is 8.75. The minimum Gasteiger partial charge on any atom is -0.366 e. The molecule has 0 radical (unpaired) electrons. The van der Waals surface area contributed by atoms with Gasteiger partial charge in [0.05, 0.1) is 5.02 Å². The average molecular weight is 277 g/mol. The number of hydrogen-bond donors (Lipinski definition) is 2. The van der Waals surface area contributed by atoms with Crippen molar-refractivity contribution in [1.29, 1.82) is 0 Å². The van der Waals surface area contributed by atoms with E-state index in [-0.39, 0.29) is 0 Å². The molecule has 18 heavy (non-hydrogen) atoms. The molecule has 3 rings (SSSR count). The summed E-state index contributed by atoms with van der Waals surface area (Å²) < 4.78 is 0. The first-order valence-corrected chi connectivity index (χ1v) is 6.77. The number of aromatic nitrogens is 1. The zero-order valence-corrected chi connectivity index (χ0v) is 11.4. The highest BCUT2D eigenvalue weighted by Crippen LogP contribution is 2.37. The molecule has 0 bridgehead atoms. The van der Waals surface area contributed by atoms with Crippen LogP contribution >= 0.6 is 24.2 Å². The molecule has 1 aliphatic carbocycles. The first kappa shape index (κ1) is 11.9. The standard InChI is InChI=1S/C14H13ClN2S/c15-13-11(10-3-1-2-4-12(10)18)7-8-16-14(13)17-9-5-6-9/h1-4,7-9,18H,5-6H2,(H,16,17). The number of benzene rings is 1. The normalized spacial score (nSPS) is 14.6. The predicted molar refractivity (Wildman–Crippen MR) is 78.6 cm³/mol. The van der Waals surface area contributed by atoms with Crippen molar-refractivity contribution < 1.29 is 0 Å². The average Bonchev–Trinajstić information content (AvgIpc) is 3.17. The van der Waals surface area contributed by atoms with Crippen LogP contribution in [0.2, 0.25) is 5.02 Å². The monoisotopic (exact) mass is 276 g/mol. The van der Waals surface area contributed by atoms with Gasteiger partial charge in [0.25, 0.3) is 0 Å². The molecule has 1 fully saturated rings. The molecule has 1 aliphatic rings. The van der Waals surface area contributed by atoms with Crippen LogP contribution in [-0.2, 0) is 0 Å². The summed E-state index contributed by atoms with van der Waals surface area (Å²) in [5, 5.41) is 4.02. The Morgan fingerprint density at radius 1 is 1.17 bits per heavy atom. The molecule has 0 atom stereocenters. The van der Waals surface area contributed by atoms with Gasteiger partial charge < -0.3 is 5.32 Å². The molecule has 2 nitrogen and oxygen atoms in total. The van der Waals surface area contributed by atoms with Crippen LogP contribution in [0.15, 0.2) is 41.4 Å². The van der Waals surface area contributed by atoms with Gasteiger partial charge in [0, 0.05) is 22.7 Å². The van der Waals surface area contributed by atoms with Gasteiger partial charge in [-0.05, 0) is 30.5 Å². The molecule has 0 amide bonds. The lowest BCUT2D eigenvalue weighted by molar-refractivity contribution is 1.11. The van der Waals surface area contributed by atoms with E-state index in [9.17, 15) is 0 Å². The summed E-state index contributed by atoms with van der Waals surface area (Å²) in [6.07, 6.45) is 4.18. The Morgan fingerprint density at radius 2 is 1.94 bits per heavy atom. The Balaban J connectivity index is 2.03. The number of anilines is 1. The van der Waals surface area contributed by atoms with Crippen molar-refractivity contribution in [2.75, 3.05) is 5.32 Å². The fourth-order valence-corrected chi connectivity index (χ4v) is 2.42. The summed E-state index contributed by atoms with van der Waals surface area (Å²) in [6.45, 7) is 0. The van der Waals surface area contributed by atoms with E-state index in [1.54, 1.807) is 6.20 Å². The second-order valence-corrected chi connectivity index (χ2v) is 5.32. The largest absolute Gasteiger partial charge is 0.366 e. The maximum Gasteiger partial charge on any atom is 0.145 e. The second-order valence-electron chi connectivity index (χ2n) is 4.46. The molecule has 1 aromatic carbocycles. The third-order valence-electron chi connectivity index (χ3n) is 3.00. The molecule has 1 aromatic heterocycles. The van der Waals surface area contributed by atoms with Crippen molar-refractivity contribution in [2.45, 2.75) is 23.8 Å². The molecule has 0 unspecified atom stereocenters. The molecular formula is C14H13ClN2S. The Kier molecular flexibility index (Phi) is 3.18. The van der Waals surface area contributed by atoms with Crippen molar-refractivity contribution in [3.05, 3.63) is 41.6 Å². The van der Waals surface area contributed by atoms with Crippen LogP contribution in [-0.4, -0.2) is 11.0 Å². The van der Waals surface area contributed by atoms with Crippen molar-refractivity contribution in [2.24, 2.45) is 0 Å². The van der Waals surface area contributed by atoms with E-state index in [1.165, 1.54) is 12.8 Å². The summed E-state index contributed by atoms with van der Waals surface area (Å²) >= 11 is 10.9. The molecule has 0 spiro atoms. The molecule has 1 N–H and O–H groups in total. The highest BCUT2D eigenvalue weighted by molar-refractivity contribution is 7.80. The predicted octanol–water partition coefficient (Wildman–Crippen LogP) is 4.27. The van der Waals surface area contributed by atoms with Crippen molar-refractivity contribution in [1.82, 2.24) is 4.98 Å². The van der Waals surface area contributed by atoms with E-state index >= 15 is 0 Å². The van der Waals surface area contributed by atoms with Crippen LogP contribution in [0.4, 0.5) is 5.82 Å². The number of nitrogens with one attached hydrogen (secondary N) is 1. The van der Waals surface area contributed by atoms with Gasteiger partial charge in [-0.25, -0.2) is 4.98 Å². The van der Waals surface area contributed by atoms with E-state index in [0.29, 0.717) is 11.1 Å². The Hall–Kier alpha value is -1.19. The number of thiol groups is 1. The van der Waals surface area contributed by atoms with Gasteiger partial charge in [-0.15, -0.1) is 12.6 Å². The molecule has 0 aliphatic heterocycles. The van der Waals surface area contributed by atoms with Gasteiger partial charge in [-0.1, -0.05) is 29.8 Å². The third-order valence-corrected chi connectivity index (χ3v) is 3.77. The van der Waals surface area contributed by atoms with Crippen molar-refractivity contribution in [3.63, 3.8) is 0 Å². The highest BCUT2D eigenvalue weighted by atomic mass is 35.5. The lowest BCUT2D eigenvalue weighted by Gasteiger charge is -2.11. The molecule has 2 aromatic rings. The topological polar surface area (TPSA) is 24.9 Å². The highest BCUT2D eigenvalue weighted by Gasteiger charge is 2.23. The zero-order chi connectivity index (χ0) is 12.5. The summed E-state index contributed by atoms with van der Waals surface area (Å²) in [4.78, 5) is 5.23. The number of halogens is 1. The van der Waals surface area contributed by atoms with E-state index in [1.807, 2.05) is 30.3 Å². The molecule has 1 saturated carbocycles. The zero-order valence-electron chi connectivity index (χ0n) is 9.73. The SMILES string of the molecule is Sc1ccccc1-c1ccnc(NC2CC2)c1Cl. The van der Waals surface area contributed by atoms with Gasteiger partial charge >= 0.3 is 0 Å². The number of nitrogens with zero attached hydrogens (tertiary/aromatic N) is 1. The second kappa shape index (κ2) is 4.82. The maximum atomic E-state index is 6.43. The van der Waals surface area contributed by atoms with E-state index in [4.69, 9.17) is 11.6 Å². The molecule has 4 heteroatoms. The quantitative estimate of drug-likeness (QED) is 0.819.